The topological polar surface area (TPSA) is 113 Å². The second-order valence-corrected chi connectivity index (χ2v) is 12.1. The Balaban J connectivity index is 1.41. The van der Waals surface area contributed by atoms with Crippen molar-refractivity contribution in [2.24, 2.45) is 11.8 Å². The number of piperidine rings is 1. The average molecular weight is 615 g/mol. The van der Waals surface area contributed by atoms with E-state index in [2.05, 4.69) is 9.97 Å². The molecule has 0 spiro atoms. The van der Waals surface area contributed by atoms with Gasteiger partial charge in [-0.25, -0.2) is 9.97 Å². The minimum Gasteiger partial charge on any atom is -0.481 e. The molecule has 2 aliphatic rings. The minimum atomic E-state index is -1.06. The fourth-order valence-corrected chi connectivity index (χ4v) is 6.50. The summed E-state index contributed by atoms with van der Waals surface area (Å²) in [6, 6.07) is 8.65. The maximum atomic E-state index is 15.5. The Morgan fingerprint density at radius 3 is 2.69 bits per heavy atom. The SMILES string of the molecule is CN(C(=O)C(CC(=O)O)CC1CCOCC1)c1nc(-c2cc(Cl)ccc2-c2ccc(N3CCCCC3=O)nc2)c(F)s1. The van der Waals surface area contributed by atoms with Gasteiger partial charge in [0.05, 0.1) is 6.42 Å². The maximum absolute atomic E-state index is 15.5. The smallest absolute Gasteiger partial charge is 0.304 e. The van der Waals surface area contributed by atoms with Gasteiger partial charge in [-0.1, -0.05) is 29.0 Å². The Kier molecular flexibility index (Phi) is 9.50. The highest BCUT2D eigenvalue weighted by molar-refractivity contribution is 7.14. The van der Waals surface area contributed by atoms with Gasteiger partial charge in [-0.2, -0.15) is 4.39 Å². The third-order valence-corrected chi connectivity index (χ3v) is 8.97. The van der Waals surface area contributed by atoms with Crippen LogP contribution in [0.15, 0.2) is 36.5 Å². The first-order valence-electron chi connectivity index (χ1n) is 14.0. The highest BCUT2D eigenvalue weighted by atomic mass is 35.5. The third-order valence-electron chi connectivity index (χ3n) is 7.82. The van der Waals surface area contributed by atoms with Crippen LogP contribution in [0.2, 0.25) is 5.02 Å². The van der Waals surface area contributed by atoms with Crippen molar-refractivity contribution < 1.29 is 28.6 Å². The lowest BCUT2D eigenvalue weighted by Gasteiger charge is -2.27. The molecule has 0 radical (unpaired) electrons. The molecule has 1 unspecified atom stereocenters. The molecule has 1 N–H and O–H groups in total. The van der Waals surface area contributed by atoms with Crippen LogP contribution in [0, 0.1) is 17.0 Å². The number of anilines is 2. The number of carbonyl (C=O) groups is 3. The Hall–Kier alpha value is -3.41. The van der Waals surface area contributed by atoms with Crippen molar-refractivity contribution in [2.75, 3.05) is 36.6 Å². The molecule has 0 aliphatic carbocycles. The van der Waals surface area contributed by atoms with Gasteiger partial charge in [-0.3, -0.25) is 24.2 Å². The molecule has 2 saturated heterocycles. The van der Waals surface area contributed by atoms with Crippen molar-refractivity contribution in [1.82, 2.24) is 9.97 Å². The quantitative estimate of drug-likeness (QED) is 0.312. The highest BCUT2D eigenvalue weighted by Gasteiger charge is 2.31. The minimum absolute atomic E-state index is 0.0293. The lowest BCUT2D eigenvalue weighted by atomic mass is 9.86. The molecule has 12 heteroatoms. The number of ether oxygens (including phenoxy) is 1. The van der Waals surface area contributed by atoms with E-state index in [-0.39, 0.29) is 29.1 Å². The van der Waals surface area contributed by atoms with E-state index in [1.807, 2.05) is 6.07 Å². The number of carboxylic acid groups (broad SMARTS) is 1. The highest BCUT2D eigenvalue weighted by Crippen LogP contribution is 2.39. The Bertz CT molecular complexity index is 1460. The van der Waals surface area contributed by atoms with E-state index in [1.165, 1.54) is 11.9 Å². The summed E-state index contributed by atoms with van der Waals surface area (Å²) in [5.41, 5.74) is 1.78. The lowest BCUT2D eigenvalue weighted by molar-refractivity contribution is -0.141. The Labute approximate surface area is 252 Å². The number of hydrogen-bond donors (Lipinski definition) is 1. The van der Waals surface area contributed by atoms with E-state index in [0.717, 1.165) is 25.7 Å². The predicted molar refractivity (Wildman–Crippen MR) is 159 cm³/mol. The summed E-state index contributed by atoms with van der Waals surface area (Å²) in [4.78, 5) is 49.3. The van der Waals surface area contributed by atoms with Crippen LogP contribution in [0.3, 0.4) is 0 Å². The summed E-state index contributed by atoms with van der Waals surface area (Å²) in [6.45, 7) is 1.80. The molecule has 0 saturated carbocycles. The molecule has 0 bridgehead atoms. The molecule has 4 heterocycles. The van der Waals surface area contributed by atoms with Crippen LogP contribution in [0.1, 0.15) is 44.9 Å². The number of halogens is 2. The standard InChI is InChI=1S/C30H32ClFN4O5S/c1-35(29(40)20(15-26(38)39)14-18-9-12-41-13-10-18)30-34-27(28(32)42-30)23-16-21(31)6-7-22(23)19-5-8-24(33-17-19)36-11-3-2-4-25(36)37/h5-8,16-18,20H,2-4,9-15H2,1H3,(H,38,39). The molecule has 2 fully saturated rings. The number of rotatable bonds is 9. The molecule has 222 valence electrons. The van der Waals surface area contributed by atoms with Gasteiger partial charge in [0, 0.05) is 61.5 Å². The van der Waals surface area contributed by atoms with Crippen LogP contribution in [-0.2, 0) is 19.1 Å². The molecule has 42 heavy (non-hydrogen) atoms. The van der Waals surface area contributed by atoms with E-state index in [4.69, 9.17) is 16.3 Å². The van der Waals surface area contributed by atoms with Gasteiger partial charge in [-0.05, 0) is 67.9 Å². The van der Waals surface area contributed by atoms with Crippen molar-refractivity contribution in [3.05, 3.63) is 46.7 Å². The lowest BCUT2D eigenvalue weighted by Crippen LogP contribution is -2.35. The van der Waals surface area contributed by atoms with Crippen molar-refractivity contribution in [1.29, 1.82) is 0 Å². The van der Waals surface area contributed by atoms with Crippen molar-refractivity contribution >= 4 is 51.7 Å². The first-order chi connectivity index (χ1) is 20.2. The molecule has 1 atom stereocenters. The average Bonchev–Trinajstić information content (AvgIpc) is 3.38. The molecule has 9 nitrogen and oxygen atoms in total. The summed E-state index contributed by atoms with van der Waals surface area (Å²) in [5, 5.41) is 9.38. The van der Waals surface area contributed by atoms with Crippen LogP contribution in [0.25, 0.3) is 22.4 Å². The van der Waals surface area contributed by atoms with Gasteiger partial charge < -0.3 is 9.84 Å². The monoisotopic (exact) mass is 614 g/mol. The summed E-state index contributed by atoms with van der Waals surface area (Å²) < 4.78 is 20.9. The second-order valence-electron chi connectivity index (χ2n) is 10.7. The predicted octanol–water partition coefficient (Wildman–Crippen LogP) is 6.05. The number of amides is 2. The van der Waals surface area contributed by atoms with E-state index in [1.54, 1.807) is 35.4 Å². The zero-order valence-corrected chi connectivity index (χ0v) is 24.8. The molecule has 1 aromatic carbocycles. The molecule has 3 aromatic rings. The van der Waals surface area contributed by atoms with Crippen LogP contribution in [0.4, 0.5) is 15.3 Å². The zero-order chi connectivity index (χ0) is 29.8. The molecular formula is C30H32ClFN4O5S. The molecule has 2 aliphatic heterocycles. The first kappa shape index (κ1) is 30.1. The molecule has 5 rings (SSSR count). The van der Waals surface area contributed by atoms with Crippen molar-refractivity contribution in [3.63, 3.8) is 0 Å². The van der Waals surface area contributed by atoms with Gasteiger partial charge in [0.1, 0.15) is 11.5 Å². The van der Waals surface area contributed by atoms with Gasteiger partial charge in [0.15, 0.2) is 5.13 Å². The maximum Gasteiger partial charge on any atom is 0.304 e. The van der Waals surface area contributed by atoms with Gasteiger partial charge in [-0.15, -0.1) is 0 Å². The number of thiazole rings is 1. The fraction of sp³-hybridized carbons (Fsp3) is 0.433. The van der Waals surface area contributed by atoms with Gasteiger partial charge in [0.2, 0.25) is 16.9 Å². The molecule has 2 aromatic heterocycles. The zero-order valence-electron chi connectivity index (χ0n) is 23.2. The van der Waals surface area contributed by atoms with Crippen LogP contribution < -0.4 is 9.80 Å². The van der Waals surface area contributed by atoms with Crippen molar-refractivity contribution in [3.8, 4) is 22.4 Å². The van der Waals surface area contributed by atoms with Crippen LogP contribution in [0.5, 0.6) is 0 Å². The molecule has 2 amide bonds. The second kappa shape index (κ2) is 13.3. The van der Waals surface area contributed by atoms with Crippen LogP contribution in [-0.4, -0.2) is 59.7 Å². The van der Waals surface area contributed by atoms with E-state index < -0.39 is 22.9 Å². The van der Waals surface area contributed by atoms with E-state index in [9.17, 15) is 19.5 Å². The van der Waals surface area contributed by atoms with Gasteiger partial charge in [0.25, 0.3) is 0 Å². The third kappa shape index (κ3) is 6.79. The van der Waals surface area contributed by atoms with Gasteiger partial charge >= 0.3 is 5.97 Å². The number of hydrogen-bond acceptors (Lipinski definition) is 7. The number of nitrogens with zero attached hydrogens (tertiary/aromatic N) is 4. The van der Waals surface area contributed by atoms with E-state index in [0.29, 0.717) is 71.5 Å². The number of carbonyl (C=O) groups excluding carboxylic acids is 2. The number of aliphatic carboxylic acids is 1. The van der Waals surface area contributed by atoms with Crippen molar-refractivity contribution in [2.45, 2.75) is 44.9 Å². The summed E-state index contributed by atoms with van der Waals surface area (Å²) in [5.74, 6) is -1.44. The number of pyridine rings is 1. The summed E-state index contributed by atoms with van der Waals surface area (Å²) in [6.07, 6.45) is 5.58. The summed E-state index contributed by atoms with van der Waals surface area (Å²) in [7, 11) is 1.49. The molecular weight excluding hydrogens is 583 g/mol. The summed E-state index contributed by atoms with van der Waals surface area (Å²) >= 11 is 7.03. The Morgan fingerprint density at radius 1 is 1.21 bits per heavy atom. The normalized spacial score (nSPS) is 16.8. The largest absolute Gasteiger partial charge is 0.481 e. The Morgan fingerprint density at radius 2 is 2.00 bits per heavy atom. The number of carboxylic acids is 1. The van der Waals surface area contributed by atoms with E-state index >= 15 is 4.39 Å². The van der Waals surface area contributed by atoms with Crippen LogP contribution >= 0.6 is 22.9 Å². The first-order valence-corrected chi connectivity index (χ1v) is 15.2. The number of aromatic nitrogens is 2. The fourth-order valence-electron chi connectivity index (χ4n) is 5.55. The number of benzene rings is 1.